The van der Waals surface area contributed by atoms with E-state index in [1.54, 1.807) is 36.0 Å². The molecule has 6 nitrogen and oxygen atoms in total. The number of hydrogen-bond acceptors (Lipinski definition) is 4. The van der Waals surface area contributed by atoms with Gasteiger partial charge in [-0.15, -0.1) is 11.8 Å². The molecule has 3 rings (SSSR count). The van der Waals surface area contributed by atoms with E-state index in [2.05, 4.69) is 10.3 Å². The molecule has 7 heteroatoms. The van der Waals surface area contributed by atoms with Crippen LogP contribution >= 0.6 is 11.8 Å². The summed E-state index contributed by atoms with van der Waals surface area (Å²) in [4.78, 5) is 39.9. The van der Waals surface area contributed by atoms with Crippen LogP contribution in [0.4, 0.5) is 0 Å². The number of fused-ring (bicyclic) bond motifs is 1. The second-order valence-electron chi connectivity index (χ2n) is 5.92. The molecule has 1 heterocycles. The van der Waals surface area contributed by atoms with E-state index in [4.69, 9.17) is 0 Å². The summed E-state index contributed by atoms with van der Waals surface area (Å²) >= 11 is 1.65. The highest BCUT2D eigenvalue weighted by Crippen LogP contribution is 2.18. The Kier molecular flexibility index (Phi) is 5.27. The van der Waals surface area contributed by atoms with Crippen molar-refractivity contribution in [3.8, 4) is 0 Å². The highest BCUT2D eigenvalue weighted by Gasteiger charge is 2.13. The number of thioether (sulfide) groups is 1. The molecule has 0 aliphatic rings. The first kappa shape index (κ1) is 18.0. The monoisotopic (exact) mass is 369 g/mol. The van der Waals surface area contributed by atoms with Crippen LogP contribution in [0.5, 0.6) is 0 Å². The van der Waals surface area contributed by atoms with Crippen LogP contribution < -0.4 is 16.6 Å². The topological polar surface area (TPSA) is 84.0 Å². The number of benzene rings is 2. The summed E-state index contributed by atoms with van der Waals surface area (Å²) < 4.78 is 1.27. The van der Waals surface area contributed by atoms with Gasteiger partial charge in [-0.25, -0.2) is 4.79 Å². The molecular formula is C19H19N3O3S. The number of hydrogen-bond donors (Lipinski definition) is 2. The van der Waals surface area contributed by atoms with Gasteiger partial charge in [0.2, 0.25) is 5.91 Å². The Bertz CT molecular complexity index is 1050. The second-order valence-corrected chi connectivity index (χ2v) is 6.80. The van der Waals surface area contributed by atoms with Gasteiger partial charge in [0.1, 0.15) is 6.54 Å². The molecular weight excluding hydrogens is 350 g/mol. The molecule has 2 N–H and O–H groups in total. The number of para-hydroxylation sites is 1. The molecule has 0 fully saturated rings. The lowest BCUT2D eigenvalue weighted by Gasteiger charge is -2.16. The first-order valence-electron chi connectivity index (χ1n) is 8.15. The standard InChI is InChI=1S/C19H19N3O3S/c1-12(13-7-9-14(26-2)10-8-13)20-17(23)11-22-16-6-4-3-5-15(16)18(24)21-19(22)25/h3-10,12H,11H2,1-2H3,(H,20,23)(H,21,24,25). The fourth-order valence-corrected chi connectivity index (χ4v) is 3.21. The van der Waals surface area contributed by atoms with Crippen molar-refractivity contribution in [2.45, 2.75) is 24.4 Å². The van der Waals surface area contributed by atoms with Crippen LogP contribution in [0.2, 0.25) is 0 Å². The zero-order valence-electron chi connectivity index (χ0n) is 14.5. The van der Waals surface area contributed by atoms with Crippen LogP contribution in [-0.4, -0.2) is 21.7 Å². The van der Waals surface area contributed by atoms with E-state index in [1.807, 2.05) is 37.4 Å². The van der Waals surface area contributed by atoms with E-state index in [1.165, 1.54) is 4.57 Å². The molecule has 1 unspecified atom stereocenters. The van der Waals surface area contributed by atoms with Gasteiger partial charge in [0, 0.05) is 4.90 Å². The van der Waals surface area contributed by atoms with Gasteiger partial charge < -0.3 is 5.32 Å². The van der Waals surface area contributed by atoms with Crippen molar-refractivity contribution in [2.24, 2.45) is 0 Å². The summed E-state index contributed by atoms with van der Waals surface area (Å²) in [6, 6.07) is 14.5. The zero-order chi connectivity index (χ0) is 18.7. The lowest BCUT2D eigenvalue weighted by Crippen LogP contribution is -2.37. The van der Waals surface area contributed by atoms with Gasteiger partial charge in [-0.3, -0.25) is 19.1 Å². The van der Waals surface area contributed by atoms with E-state index < -0.39 is 11.2 Å². The third-order valence-electron chi connectivity index (χ3n) is 4.20. The molecule has 134 valence electrons. The highest BCUT2D eigenvalue weighted by atomic mass is 32.2. The van der Waals surface area contributed by atoms with Crippen molar-refractivity contribution in [3.05, 3.63) is 74.9 Å². The fourth-order valence-electron chi connectivity index (χ4n) is 2.81. The van der Waals surface area contributed by atoms with E-state index in [9.17, 15) is 14.4 Å². The minimum Gasteiger partial charge on any atom is -0.348 e. The van der Waals surface area contributed by atoms with Gasteiger partial charge in [-0.2, -0.15) is 0 Å². The quantitative estimate of drug-likeness (QED) is 0.676. The Morgan fingerprint density at radius 3 is 2.54 bits per heavy atom. The number of aromatic amines is 1. The number of carbonyl (C=O) groups excluding carboxylic acids is 1. The van der Waals surface area contributed by atoms with Crippen molar-refractivity contribution in [2.75, 3.05) is 6.26 Å². The Labute approximate surface area is 154 Å². The van der Waals surface area contributed by atoms with Crippen molar-refractivity contribution >= 4 is 28.6 Å². The number of carbonyl (C=O) groups is 1. The minimum absolute atomic E-state index is 0.163. The molecule has 0 radical (unpaired) electrons. The third kappa shape index (κ3) is 3.72. The van der Waals surface area contributed by atoms with Gasteiger partial charge in [-0.1, -0.05) is 24.3 Å². The summed E-state index contributed by atoms with van der Waals surface area (Å²) in [7, 11) is 0. The summed E-state index contributed by atoms with van der Waals surface area (Å²) in [5.41, 5.74) is 0.369. The number of rotatable bonds is 5. The fraction of sp³-hybridized carbons (Fsp3) is 0.211. The highest BCUT2D eigenvalue weighted by molar-refractivity contribution is 7.98. The zero-order valence-corrected chi connectivity index (χ0v) is 15.3. The molecule has 0 aliphatic carbocycles. The normalized spacial score (nSPS) is 12.1. The molecule has 0 bridgehead atoms. The predicted molar refractivity (Wildman–Crippen MR) is 104 cm³/mol. The molecule has 0 aliphatic heterocycles. The van der Waals surface area contributed by atoms with E-state index in [-0.39, 0.29) is 18.5 Å². The maximum atomic E-state index is 12.4. The van der Waals surface area contributed by atoms with Crippen molar-refractivity contribution < 1.29 is 4.79 Å². The van der Waals surface area contributed by atoms with Crippen LogP contribution in [0, 0.1) is 0 Å². The van der Waals surface area contributed by atoms with E-state index in [0.717, 1.165) is 10.5 Å². The van der Waals surface area contributed by atoms with E-state index in [0.29, 0.717) is 10.9 Å². The summed E-state index contributed by atoms with van der Waals surface area (Å²) in [5.74, 6) is -0.300. The van der Waals surface area contributed by atoms with E-state index >= 15 is 0 Å². The summed E-state index contributed by atoms with van der Waals surface area (Å²) in [5, 5.41) is 3.27. The van der Waals surface area contributed by atoms with Gasteiger partial charge in [0.25, 0.3) is 5.56 Å². The Morgan fingerprint density at radius 1 is 1.15 bits per heavy atom. The lowest BCUT2D eigenvalue weighted by molar-refractivity contribution is -0.122. The van der Waals surface area contributed by atoms with Gasteiger partial charge >= 0.3 is 5.69 Å². The average molecular weight is 369 g/mol. The third-order valence-corrected chi connectivity index (χ3v) is 4.94. The maximum absolute atomic E-state index is 12.4. The number of aromatic nitrogens is 2. The molecule has 0 saturated carbocycles. The molecule has 0 saturated heterocycles. The van der Waals surface area contributed by atoms with Crippen LogP contribution in [-0.2, 0) is 11.3 Å². The Balaban J connectivity index is 1.81. The van der Waals surface area contributed by atoms with Crippen LogP contribution in [0.25, 0.3) is 10.9 Å². The first-order valence-corrected chi connectivity index (χ1v) is 9.37. The van der Waals surface area contributed by atoms with Crippen LogP contribution in [0.3, 0.4) is 0 Å². The largest absolute Gasteiger partial charge is 0.348 e. The SMILES string of the molecule is CSc1ccc(C(C)NC(=O)Cn2c(=O)[nH]c(=O)c3ccccc32)cc1. The van der Waals surface area contributed by atoms with Gasteiger partial charge in [-0.05, 0) is 43.0 Å². The van der Waals surface area contributed by atoms with Crippen LogP contribution in [0.15, 0.2) is 63.0 Å². The van der Waals surface area contributed by atoms with Crippen LogP contribution in [0.1, 0.15) is 18.5 Å². The van der Waals surface area contributed by atoms with Gasteiger partial charge in [0.15, 0.2) is 0 Å². The second kappa shape index (κ2) is 7.61. The molecule has 2 aromatic carbocycles. The minimum atomic E-state index is -0.596. The first-order chi connectivity index (χ1) is 12.5. The molecule has 1 aromatic heterocycles. The summed E-state index contributed by atoms with van der Waals surface area (Å²) in [6.07, 6.45) is 2.01. The molecule has 3 aromatic rings. The number of amides is 1. The average Bonchev–Trinajstić information content (AvgIpc) is 2.65. The predicted octanol–water partition coefficient (Wildman–Crippen LogP) is 2.29. The lowest BCUT2D eigenvalue weighted by atomic mass is 10.1. The van der Waals surface area contributed by atoms with Crippen molar-refractivity contribution in [3.63, 3.8) is 0 Å². The number of nitrogens with zero attached hydrogens (tertiary/aromatic N) is 1. The van der Waals surface area contributed by atoms with Gasteiger partial charge in [0.05, 0.1) is 16.9 Å². The number of nitrogens with one attached hydrogen (secondary N) is 2. The van der Waals surface area contributed by atoms with Crippen molar-refractivity contribution in [1.29, 1.82) is 0 Å². The molecule has 26 heavy (non-hydrogen) atoms. The molecule has 1 atom stereocenters. The Morgan fingerprint density at radius 2 is 1.85 bits per heavy atom. The smallest absolute Gasteiger partial charge is 0.329 e. The molecule has 1 amide bonds. The van der Waals surface area contributed by atoms with Crippen molar-refractivity contribution in [1.82, 2.24) is 14.9 Å². The summed E-state index contributed by atoms with van der Waals surface area (Å²) in [6.45, 7) is 1.73. The maximum Gasteiger partial charge on any atom is 0.329 e. The molecule has 0 spiro atoms. The number of H-pyrrole nitrogens is 1. The Hall–Kier alpha value is -2.80.